The molecule has 1 aromatic heterocycles. The number of nitrogens with one attached hydrogen (secondary N) is 1. The van der Waals surface area contributed by atoms with Gasteiger partial charge < -0.3 is 10.4 Å². The number of carbonyl (C=O) groups excluding carboxylic acids is 1. The zero-order valence-electron chi connectivity index (χ0n) is 10.1. The average Bonchev–Trinajstić information content (AvgIpc) is 2.63. The zero-order chi connectivity index (χ0) is 12.8. The smallest absolute Gasteiger partial charge is 0.225 e. The van der Waals surface area contributed by atoms with Gasteiger partial charge in [-0.3, -0.25) is 4.79 Å². The summed E-state index contributed by atoms with van der Waals surface area (Å²) in [6.45, 7) is 4.47. The first-order chi connectivity index (χ1) is 7.99. The van der Waals surface area contributed by atoms with Crippen LogP contribution in [0, 0.1) is 5.92 Å². The maximum Gasteiger partial charge on any atom is 0.225 e. The lowest BCUT2D eigenvalue weighted by Gasteiger charge is -2.14. The van der Waals surface area contributed by atoms with Gasteiger partial charge in [0.25, 0.3) is 0 Å². The summed E-state index contributed by atoms with van der Waals surface area (Å²) in [5.41, 5.74) is 0. The molecule has 1 unspecified atom stereocenters. The lowest BCUT2D eigenvalue weighted by atomic mass is 10.0. The Hall–Kier alpha value is -0.390. The van der Waals surface area contributed by atoms with Crippen LogP contribution >= 0.6 is 27.3 Å². The molecule has 0 aliphatic carbocycles. The Bertz CT molecular complexity index is 365. The van der Waals surface area contributed by atoms with Crippen molar-refractivity contribution in [2.75, 3.05) is 6.54 Å². The van der Waals surface area contributed by atoms with Gasteiger partial charge in [-0.05, 0) is 40.4 Å². The van der Waals surface area contributed by atoms with Crippen molar-refractivity contribution in [2.45, 2.75) is 32.8 Å². The Balaban J connectivity index is 2.22. The summed E-state index contributed by atoms with van der Waals surface area (Å²) in [5.74, 6) is 0.246. The summed E-state index contributed by atoms with van der Waals surface area (Å²) in [6.07, 6.45) is 0.678. The fourth-order valence-electron chi connectivity index (χ4n) is 1.36. The number of thiophene rings is 1. The number of halogens is 1. The zero-order valence-corrected chi connectivity index (χ0v) is 12.5. The summed E-state index contributed by atoms with van der Waals surface area (Å²) in [7, 11) is 0. The molecule has 0 spiro atoms. The molecule has 1 atom stereocenters. The first-order valence-corrected chi connectivity index (χ1v) is 7.29. The van der Waals surface area contributed by atoms with Crippen molar-refractivity contribution in [1.82, 2.24) is 5.32 Å². The molecule has 96 valence electrons. The van der Waals surface area contributed by atoms with Crippen molar-refractivity contribution >= 4 is 33.2 Å². The fourth-order valence-corrected chi connectivity index (χ4v) is 2.84. The topological polar surface area (TPSA) is 49.3 Å². The van der Waals surface area contributed by atoms with Gasteiger partial charge >= 0.3 is 0 Å². The maximum atomic E-state index is 11.6. The van der Waals surface area contributed by atoms with E-state index in [2.05, 4.69) is 21.2 Å². The molecule has 5 heteroatoms. The normalized spacial score (nSPS) is 12.8. The molecule has 1 amide bonds. The lowest BCUT2D eigenvalue weighted by molar-refractivity contribution is -0.120. The van der Waals surface area contributed by atoms with Gasteiger partial charge in [0.15, 0.2) is 0 Å². The molecule has 0 aliphatic heterocycles. The molecule has 0 radical (unpaired) electrons. The van der Waals surface area contributed by atoms with E-state index in [0.717, 1.165) is 8.66 Å². The van der Waals surface area contributed by atoms with E-state index in [9.17, 15) is 9.90 Å². The van der Waals surface area contributed by atoms with Crippen molar-refractivity contribution in [1.29, 1.82) is 0 Å². The highest BCUT2D eigenvalue weighted by Gasteiger charge is 2.10. The van der Waals surface area contributed by atoms with Crippen molar-refractivity contribution in [2.24, 2.45) is 5.92 Å². The van der Waals surface area contributed by atoms with E-state index in [4.69, 9.17) is 0 Å². The third-order valence-electron chi connectivity index (χ3n) is 2.50. The number of hydrogen-bond acceptors (Lipinski definition) is 3. The standard InChI is InChI=1S/C12H18BrNO2S/c1-8(2)10(15)5-6-14-12(16)7-9-3-4-11(13)17-9/h3-4,8,10,15H,5-7H2,1-2H3,(H,14,16). The highest BCUT2D eigenvalue weighted by atomic mass is 79.9. The fraction of sp³-hybridized carbons (Fsp3) is 0.583. The van der Waals surface area contributed by atoms with Crippen LogP contribution < -0.4 is 5.32 Å². The number of aliphatic hydroxyl groups excluding tert-OH is 1. The number of carbonyl (C=O) groups is 1. The van der Waals surface area contributed by atoms with Crippen molar-refractivity contribution in [3.8, 4) is 0 Å². The second-order valence-electron chi connectivity index (χ2n) is 4.33. The molecule has 1 aromatic rings. The Morgan fingerprint density at radius 2 is 2.24 bits per heavy atom. The number of aliphatic hydroxyl groups is 1. The van der Waals surface area contributed by atoms with Gasteiger partial charge in [0, 0.05) is 11.4 Å². The average molecular weight is 320 g/mol. The molecule has 0 saturated carbocycles. The summed E-state index contributed by atoms with van der Waals surface area (Å²) in [6, 6.07) is 3.88. The molecule has 0 fully saturated rings. The van der Waals surface area contributed by atoms with Gasteiger partial charge in [-0.25, -0.2) is 0 Å². The molecule has 1 rings (SSSR count). The van der Waals surface area contributed by atoms with Gasteiger partial charge in [-0.1, -0.05) is 13.8 Å². The number of amides is 1. The molecule has 0 aromatic carbocycles. The second-order valence-corrected chi connectivity index (χ2v) is 6.88. The van der Waals surface area contributed by atoms with Crippen LogP contribution in [0.15, 0.2) is 15.9 Å². The SMILES string of the molecule is CC(C)C(O)CCNC(=O)Cc1ccc(Br)s1. The van der Waals surface area contributed by atoms with E-state index < -0.39 is 0 Å². The van der Waals surface area contributed by atoms with Crippen LogP contribution in [-0.4, -0.2) is 23.7 Å². The maximum absolute atomic E-state index is 11.6. The van der Waals surface area contributed by atoms with Crippen LogP contribution in [0.3, 0.4) is 0 Å². The Labute approximate surface area is 114 Å². The molecule has 17 heavy (non-hydrogen) atoms. The third-order valence-corrected chi connectivity index (χ3v) is 4.12. The van der Waals surface area contributed by atoms with Gasteiger partial charge in [0.05, 0.1) is 16.3 Å². The van der Waals surface area contributed by atoms with Crippen LogP contribution in [-0.2, 0) is 11.2 Å². The molecule has 0 aliphatic rings. The van der Waals surface area contributed by atoms with Crippen LogP contribution in [0.1, 0.15) is 25.1 Å². The summed E-state index contributed by atoms with van der Waals surface area (Å²) in [5, 5.41) is 12.4. The van der Waals surface area contributed by atoms with Crippen LogP contribution in [0.25, 0.3) is 0 Å². The largest absolute Gasteiger partial charge is 0.393 e. The minimum Gasteiger partial charge on any atom is -0.393 e. The predicted molar refractivity (Wildman–Crippen MR) is 74.2 cm³/mol. The molecule has 0 bridgehead atoms. The Kier molecular flexibility index (Phi) is 6.16. The second kappa shape index (κ2) is 7.13. The van der Waals surface area contributed by atoms with Crippen LogP contribution in [0.4, 0.5) is 0 Å². The molecular weight excluding hydrogens is 302 g/mol. The summed E-state index contributed by atoms with van der Waals surface area (Å²) < 4.78 is 1.04. The van der Waals surface area contributed by atoms with E-state index in [1.165, 1.54) is 0 Å². The van der Waals surface area contributed by atoms with Crippen molar-refractivity contribution in [3.05, 3.63) is 20.8 Å². The van der Waals surface area contributed by atoms with Gasteiger partial charge in [0.2, 0.25) is 5.91 Å². The van der Waals surface area contributed by atoms with Gasteiger partial charge in [-0.2, -0.15) is 0 Å². The van der Waals surface area contributed by atoms with E-state index in [1.807, 2.05) is 26.0 Å². The Morgan fingerprint density at radius 1 is 1.53 bits per heavy atom. The predicted octanol–water partition coefficient (Wildman–Crippen LogP) is 2.58. The lowest BCUT2D eigenvalue weighted by Crippen LogP contribution is -2.29. The summed E-state index contributed by atoms with van der Waals surface area (Å²) in [4.78, 5) is 12.6. The van der Waals surface area contributed by atoms with E-state index in [1.54, 1.807) is 11.3 Å². The molecule has 0 saturated heterocycles. The number of hydrogen-bond donors (Lipinski definition) is 2. The highest BCUT2D eigenvalue weighted by molar-refractivity contribution is 9.11. The van der Waals surface area contributed by atoms with E-state index in [-0.39, 0.29) is 17.9 Å². The van der Waals surface area contributed by atoms with Crippen molar-refractivity contribution < 1.29 is 9.90 Å². The van der Waals surface area contributed by atoms with Crippen LogP contribution in [0.5, 0.6) is 0 Å². The Morgan fingerprint density at radius 3 is 2.76 bits per heavy atom. The number of rotatable bonds is 6. The van der Waals surface area contributed by atoms with Gasteiger partial charge in [0.1, 0.15) is 0 Å². The molecule has 3 nitrogen and oxygen atoms in total. The van der Waals surface area contributed by atoms with Gasteiger partial charge in [-0.15, -0.1) is 11.3 Å². The monoisotopic (exact) mass is 319 g/mol. The minimum absolute atomic E-state index is 0.00954. The minimum atomic E-state index is -0.341. The third kappa shape index (κ3) is 5.66. The van der Waals surface area contributed by atoms with E-state index in [0.29, 0.717) is 19.4 Å². The first kappa shape index (κ1) is 14.7. The summed E-state index contributed by atoms with van der Waals surface area (Å²) >= 11 is 4.93. The highest BCUT2D eigenvalue weighted by Crippen LogP contribution is 2.22. The molecular formula is C12H18BrNO2S. The molecule has 1 heterocycles. The molecule has 2 N–H and O–H groups in total. The van der Waals surface area contributed by atoms with E-state index >= 15 is 0 Å². The van der Waals surface area contributed by atoms with Crippen molar-refractivity contribution in [3.63, 3.8) is 0 Å². The quantitative estimate of drug-likeness (QED) is 0.846. The first-order valence-electron chi connectivity index (χ1n) is 5.68. The van der Waals surface area contributed by atoms with Crippen LogP contribution in [0.2, 0.25) is 0 Å².